The van der Waals surface area contributed by atoms with Crippen LogP contribution >= 0.6 is 0 Å². The third-order valence-electron chi connectivity index (χ3n) is 6.14. The van der Waals surface area contributed by atoms with Gasteiger partial charge in [-0.2, -0.15) is 5.10 Å². The zero-order valence-electron chi connectivity index (χ0n) is 19.5. The molecule has 1 aliphatic heterocycles. The number of nitrogens with one attached hydrogen (secondary N) is 2. The van der Waals surface area contributed by atoms with Crippen molar-refractivity contribution in [2.24, 2.45) is 5.92 Å². The molecule has 3 N–H and O–H groups in total. The molecule has 1 saturated heterocycles. The van der Waals surface area contributed by atoms with Gasteiger partial charge in [-0.15, -0.1) is 0 Å². The number of carboxylic acid groups (broad SMARTS) is 1. The van der Waals surface area contributed by atoms with E-state index in [1.807, 2.05) is 39.0 Å². The molecule has 0 spiro atoms. The van der Waals surface area contributed by atoms with Crippen molar-refractivity contribution in [3.05, 3.63) is 23.9 Å². The average molecular weight is 446 g/mol. The molecule has 0 unspecified atom stereocenters. The number of aromatic amines is 1. The summed E-state index contributed by atoms with van der Waals surface area (Å²) < 4.78 is 5.25. The summed E-state index contributed by atoms with van der Waals surface area (Å²) in [5.41, 5.74) is 0.803. The summed E-state index contributed by atoms with van der Waals surface area (Å²) >= 11 is 0. The van der Waals surface area contributed by atoms with E-state index in [2.05, 4.69) is 20.4 Å². The third kappa shape index (κ3) is 5.91. The van der Waals surface area contributed by atoms with Crippen molar-refractivity contribution in [1.82, 2.24) is 25.3 Å². The number of hydrogen-bond acceptors (Lipinski definition) is 5. The molecule has 1 fully saturated rings. The maximum Gasteiger partial charge on any atom is 0.407 e. The van der Waals surface area contributed by atoms with Crippen molar-refractivity contribution in [2.75, 3.05) is 39.8 Å². The van der Waals surface area contributed by atoms with Crippen LogP contribution in [0.2, 0.25) is 0 Å². The summed E-state index contributed by atoms with van der Waals surface area (Å²) in [5, 5.41) is 20.3. The van der Waals surface area contributed by atoms with E-state index in [1.54, 1.807) is 7.11 Å². The fourth-order valence-corrected chi connectivity index (χ4v) is 4.20. The molecule has 1 aromatic carbocycles. The highest BCUT2D eigenvalue weighted by molar-refractivity contribution is 6.05. The fourth-order valence-electron chi connectivity index (χ4n) is 4.20. The second-order valence-electron chi connectivity index (χ2n) is 9.44. The molecule has 2 aromatic rings. The predicted octanol–water partition coefficient (Wildman–Crippen LogP) is 3.18. The van der Waals surface area contributed by atoms with Crippen LogP contribution in [0.3, 0.4) is 0 Å². The number of methoxy groups -OCH3 is 1. The summed E-state index contributed by atoms with van der Waals surface area (Å²) in [6, 6.07) is 5.50. The standard InChI is InChI=1S/C23H35N5O4/c1-23(2,3)28(22(30)31)11-5-10-27-12-8-16(9-13-27)15-24-21(29)20-18-14-17(32-4)6-7-19(18)25-26-20/h6-7,14,16H,5,8-13,15H2,1-4H3,(H,24,29)(H,25,26)(H,30,31). The van der Waals surface area contributed by atoms with E-state index < -0.39 is 6.09 Å². The molecule has 1 aliphatic rings. The van der Waals surface area contributed by atoms with E-state index in [0.29, 0.717) is 30.5 Å². The molecule has 9 nitrogen and oxygen atoms in total. The number of fused-ring (bicyclic) bond motifs is 1. The van der Waals surface area contributed by atoms with Crippen molar-refractivity contribution in [3.8, 4) is 5.75 Å². The summed E-state index contributed by atoms with van der Waals surface area (Å²) in [7, 11) is 1.60. The number of rotatable bonds is 8. The molecule has 0 aliphatic carbocycles. The van der Waals surface area contributed by atoms with Crippen molar-refractivity contribution >= 4 is 22.9 Å². The van der Waals surface area contributed by atoms with Gasteiger partial charge in [0, 0.05) is 24.0 Å². The topological polar surface area (TPSA) is 111 Å². The Morgan fingerprint density at radius 1 is 1.31 bits per heavy atom. The summed E-state index contributed by atoms with van der Waals surface area (Å²) in [4.78, 5) is 28.0. The highest BCUT2D eigenvalue weighted by atomic mass is 16.5. The molecule has 32 heavy (non-hydrogen) atoms. The number of carbonyl (C=O) groups is 2. The number of H-pyrrole nitrogens is 1. The molecular weight excluding hydrogens is 410 g/mol. The van der Waals surface area contributed by atoms with Crippen LogP contribution in [0.4, 0.5) is 4.79 Å². The summed E-state index contributed by atoms with van der Waals surface area (Å²) in [6.07, 6.45) is 1.98. The summed E-state index contributed by atoms with van der Waals surface area (Å²) in [6.45, 7) is 9.74. The third-order valence-corrected chi connectivity index (χ3v) is 6.14. The van der Waals surface area contributed by atoms with Crippen LogP contribution in [-0.4, -0.2) is 82.5 Å². The number of carbonyl (C=O) groups excluding carboxylic acids is 1. The number of piperidine rings is 1. The van der Waals surface area contributed by atoms with Crippen LogP contribution in [0.15, 0.2) is 18.2 Å². The monoisotopic (exact) mass is 445 g/mol. The van der Waals surface area contributed by atoms with Crippen LogP contribution in [0.1, 0.15) is 50.5 Å². The van der Waals surface area contributed by atoms with Gasteiger partial charge in [-0.1, -0.05) is 0 Å². The van der Waals surface area contributed by atoms with Gasteiger partial charge in [0.25, 0.3) is 5.91 Å². The van der Waals surface area contributed by atoms with E-state index in [-0.39, 0.29) is 11.4 Å². The first-order valence-corrected chi connectivity index (χ1v) is 11.2. The van der Waals surface area contributed by atoms with Crippen molar-refractivity contribution < 1.29 is 19.4 Å². The SMILES string of the molecule is COc1ccc2[nH]nc(C(=O)NCC3CCN(CCCN(C(=O)O)C(C)(C)C)CC3)c2c1. The quantitative estimate of drug-likeness (QED) is 0.576. The van der Waals surface area contributed by atoms with Gasteiger partial charge in [-0.25, -0.2) is 4.79 Å². The normalized spacial score (nSPS) is 15.6. The van der Waals surface area contributed by atoms with Gasteiger partial charge in [0.15, 0.2) is 5.69 Å². The lowest BCUT2D eigenvalue weighted by Crippen LogP contribution is -2.46. The molecule has 3 rings (SSSR count). The van der Waals surface area contributed by atoms with E-state index in [1.165, 1.54) is 4.90 Å². The van der Waals surface area contributed by atoms with Crippen LogP contribution in [0, 0.1) is 5.92 Å². The minimum absolute atomic E-state index is 0.178. The average Bonchev–Trinajstić information content (AvgIpc) is 3.18. The lowest BCUT2D eigenvalue weighted by Gasteiger charge is -2.35. The van der Waals surface area contributed by atoms with Gasteiger partial charge >= 0.3 is 6.09 Å². The first-order chi connectivity index (χ1) is 15.2. The fraction of sp³-hybridized carbons (Fsp3) is 0.609. The maximum atomic E-state index is 12.7. The number of likely N-dealkylation sites (tertiary alicyclic amines) is 1. The zero-order chi connectivity index (χ0) is 23.3. The molecule has 9 heteroatoms. The lowest BCUT2D eigenvalue weighted by atomic mass is 9.96. The first-order valence-electron chi connectivity index (χ1n) is 11.2. The second-order valence-corrected chi connectivity index (χ2v) is 9.44. The minimum Gasteiger partial charge on any atom is -0.497 e. The van der Waals surface area contributed by atoms with Crippen LogP contribution < -0.4 is 10.1 Å². The predicted molar refractivity (Wildman–Crippen MR) is 123 cm³/mol. The number of ether oxygens (including phenoxy) is 1. The number of benzene rings is 1. The van der Waals surface area contributed by atoms with Crippen molar-refractivity contribution in [2.45, 2.75) is 45.6 Å². The molecule has 2 heterocycles. The minimum atomic E-state index is -0.866. The Balaban J connectivity index is 1.42. The molecule has 2 amide bonds. The van der Waals surface area contributed by atoms with Crippen molar-refractivity contribution in [1.29, 1.82) is 0 Å². The highest BCUT2D eigenvalue weighted by Crippen LogP contribution is 2.22. The lowest BCUT2D eigenvalue weighted by molar-refractivity contribution is 0.0904. The molecular formula is C23H35N5O4. The van der Waals surface area contributed by atoms with Gasteiger partial charge in [0.2, 0.25) is 0 Å². The van der Waals surface area contributed by atoms with E-state index in [4.69, 9.17) is 4.74 Å². The number of hydrogen-bond donors (Lipinski definition) is 3. The van der Waals surface area contributed by atoms with E-state index in [9.17, 15) is 14.7 Å². The van der Waals surface area contributed by atoms with Gasteiger partial charge < -0.3 is 25.0 Å². The Kier molecular flexibility index (Phi) is 7.60. The Hall–Kier alpha value is -2.81. The number of aromatic nitrogens is 2. The summed E-state index contributed by atoms with van der Waals surface area (Å²) in [5.74, 6) is 0.942. The first kappa shape index (κ1) is 23.8. The van der Waals surface area contributed by atoms with Crippen LogP contribution in [-0.2, 0) is 0 Å². The van der Waals surface area contributed by atoms with Gasteiger partial charge in [0.05, 0.1) is 12.6 Å². The Labute approximate surface area is 189 Å². The number of amides is 2. The Morgan fingerprint density at radius 3 is 2.66 bits per heavy atom. The molecule has 176 valence electrons. The van der Waals surface area contributed by atoms with Crippen LogP contribution in [0.5, 0.6) is 5.75 Å². The van der Waals surface area contributed by atoms with Crippen LogP contribution in [0.25, 0.3) is 10.9 Å². The molecule has 0 bridgehead atoms. The van der Waals surface area contributed by atoms with E-state index in [0.717, 1.165) is 49.8 Å². The highest BCUT2D eigenvalue weighted by Gasteiger charge is 2.26. The maximum absolute atomic E-state index is 12.7. The number of nitrogens with zero attached hydrogens (tertiary/aromatic N) is 3. The van der Waals surface area contributed by atoms with Crippen molar-refractivity contribution in [3.63, 3.8) is 0 Å². The second kappa shape index (κ2) is 10.2. The molecule has 1 aromatic heterocycles. The Bertz CT molecular complexity index is 928. The zero-order valence-corrected chi connectivity index (χ0v) is 19.5. The van der Waals surface area contributed by atoms with Gasteiger partial charge in [-0.05, 0) is 83.8 Å². The smallest absolute Gasteiger partial charge is 0.407 e. The molecule has 0 atom stereocenters. The van der Waals surface area contributed by atoms with E-state index >= 15 is 0 Å². The molecule has 0 saturated carbocycles. The largest absolute Gasteiger partial charge is 0.497 e. The Morgan fingerprint density at radius 2 is 2.03 bits per heavy atom. The van der Waals surface area contributed by atoms with Gasteiger partial charge in [0.1, 0.15) is 5.75 Å². The van der Waals surface area contributed by atoms with Gasteiger partial charge in [-0.3, -0.25) is 9.89 Å². The molecule has 0 radical (unpaired) electrons.